The number of ether oxygens (including phenoxy) is 2. The van der Waals surface area contributed by atoms with Crippen LogP contribution < -0.4 is 5.32 Å². The number of aliphatic hydroxyl groups excluding tert-OH is 2. The van der Waals surface area contributed by atoms with E-state index in [9.17, 15) is 15.0 Å². The Morgan fingerprint density at radius 2 is 2.25 bits per heavy atom. The van der Waals surface area contributed by atoms with Crippen LogP contribution in [0.15, 0.2) is 0 Å². The van der Waals surface area contributed by atoms with Gasteiger partial charge >= 0.3 is 5.97 Å². The minimum Gasteiger partial charge on any atom is -0.463 e. The van der Waals surface area contributed by atoms with E-state index in [-0.39, 0.29) is 12.8 Å². The highest BCUT2D eigenvalue weighted by Crippen LogP contribution is 2.19. The van der Waals surface area contributed by atoms with Crippen molar-refractivity contribution in [3.05, 3.63) is 0 Å². The maximum atomic E-state index is 10.6. The summed E-state index contributed by atoms with van der Waals surface area (Å²) in [7, 11) is 0. The summed E-state index contributed by atoms with van der Waals surface area (Å²) in [5, 5.41) is 22.3. The molecule has 0 aromatic carbocycles. The van der Waals surface area contributed by atoms with Gasteiger partial charge in [-0.15, -0.1) is 0 Å². The quantitative estimate of drug-likeness (QED) is 0.540. The van der Waals surface area contributed by atoms with Crippen molar-refractivity contribution in [3.8, 4) is 0 Å². The predicted octanol–water partition coefficient (Wildman–Crippen LogP) is -1.00. The van der Waals surface area contributed by atoms with Gasteiger partial charge in [0, 0.05) is 13.3 Å². The summed E-state index contributed by atoms with van der Waals surface area (Å²) in [6.45, 7) is 3.86. The zero-order valence-electron chi connectivity index (χ0n) is 9.55. The van der Waals surface area contributed by atoms with Crippen LogP contribution in [0.4, 0.5) is 0 Å². The third-order valence-electron chi connectivity index (χ3n) is 2.45. The van der Waals surface area contributed by atoms with Crippen LogP contribution in [0, 0.1) is 0 Å². The first kappa shape index (κ1) is 13.4. The summed E-state index contributed by atoms with van der Waals surface area (Å²) in [5.74, 6) is -0.434. The molecule has 94 valence electrons. The van der Waals surface area contributed by atoms with Crippen molar-refractivity contribution in [1.82, 2.24) is 5.32 Å². The minimum absolute atomic E-state index is 0.0462. The Labute approximate surface area is 94.5 Å². The van der Waals surface area contributed by atoms with E-state index in [0.717, 1.165) is 0 Å². The number of carbonyl (C=O) groups is 1. The second-order valence-electron chi connectivity index (χ2n) is 3.82. The maximum absolute atomic E-state index is 10.6. The summed E-state index contributed by atoms with van der Waals surface area (Å²) in [5.41, 5.74) is 0. The largest absolute Gasteiger partial charge is 0.463 e. The van der Waals surface area contributed by atoms with Gasteiger partial charge in [0.1, 0.15) is 25.0 Å². The van der Waals surface area contributed by atoms with E-state index in [0.29, 0.717) is 13.0 Å². The van der Waals surface area contributed by atoms with Gasteiger partial charge in [-0.05, 0) is 6.54 Å². The zero-order valence-corrected chi connectivity index (χ0v) is 9.55. The monoisotopic (exact) mass is 233 g/mol. The number of nitrogens with one attached hydrogen (secondary N) is 1. The molecule has 1 aliphatic heterocycles. The van der Waals surface area contributed by atoms with Crippen molar-refractivity contribution in [2.24, 2.45) is 0 Å². The lowest BCUT2D eigenvalue weighted by Gasteiger charge is -2.37. The smallest absolute Gasteiger partial charge is 0.302 e. The van der Waals surface area contributed by atoms with Crippen LogP contribution in [0.5, 0.6) is 0 Å². The van der Waals surface area contributed by atoms with Crippen LogP contribution >= 0.6 is 0 Å². The van der Waals surface area contributed by atoms with Gasteiger partial charge in [0.25, 0.3) is 0 Å². The van der Waals surface area contributed by atoms with Gasteiger partial charge in [-0.3, -0.25) is 10.1 Å². The van der Waals surface area contributed by atoms with Crippen LogP contribution in [0.2, 0.25) is 0 Å². The minimum atomic E-state index is -1.02. The fourth-order valence-corrected chi connectivity index (χ4v) is 1.65. The molecule has 1 heterocycles. The molecular formula is C10H19NO5. The lowest BCUT2D eigenvalue weighted by atomic mass is 10.0. The maximum Gasteiger partial charge on any atom is 0.302 e. The van der Waals surface area contributed by atoms with Crippen molar-refractivity contribution in [3.63, 3.8) is 0 Å². The third-order valence-corrected chi connectivity index (χ3v) is 2.45. The molecule has 0 amide bonds. The van der Waals surface area contributed by atoms with Gasteiger partial charge in [-0.25, -0.2) is 0 Å². The molecule has 0 aromatic rings. The van der Waals surface area contributed by atoms with Crippen molar-refractivity contribution < 1.29 is 24.5 Å². The third kappa shape index (κ3) is 3.71. The van der Waals surface area contributed by atoms with Gasteiger partial charge in [-0.1, -0.05) is 6.92 Å². The van der Waals surface area contributed by atoms with Crippen molar-refractivity contribution >= 4 is 5.97 Å². The fourth-order valence-electron chi connectivity index (χ4n) is 1.65. The van der Waals surface area contributed by atoms with E-state index < -0.39 is 24.3 Å². The lowest BCUT2D eigenvalue weighted by Crippen LogP contribution is -2.54. The summed E-state index contributed by atoms with van der Waals surface area (Å²) in [4.78, 5) is 10.6. The molecule has 1 aliphatic rings. The van der Waals surface area contributed by atoms with E-state index >= 15 is 0 Å². The summed E-state index contributed by atoms with van der Waals surface area (Å²) >= 11 is 0. The van der Waals surface area contributed by atoms with E-state index in [1.807, 2.05) is 6.92 Å². The molecule has 3 N–H and O–H groups in total. The Bertz CT molecular complexity index is 235. The van der Waals surface area contributed by atoms with Crippen LogP contribution in [0.1, 0.15) is 20.3 Å². The topological polar surface area (TPSA) is 88.0 Å². The summed E-state index contributed by atoms with van der Waals surface area (Å²) < 4.78 is 10.2. The second kappa shape index (κ2) is 6.15. The first-order chi connectivity index (χ1) is 7.54. The highest BCUT2D eigenvalue weighted by atomic mass is 16.6. The molecule has 0 saturated carbocycles. The molecule has 0 aliphatic carbocycles. The SMILES string of the molecule is CCNC1CC(O)C(O)C(COC(C)=O)O1. The van der Waals surface area contributed by atoms with E-state index in [2.05, 4.69) is 5.32 Å². The van der Waals surface area contributed by atoms with E-state index in [4.69, 9.17) is 9.47 Å². The predicted molar refractivity (Wildman–Crippen MR) is 55.6 cm³/mol. The van der Waals surface area contributed by atoms with E-state index in [1.54, 1.807) is 0 Å². The van der Waals surface area contributed by atoms with Crippen LogP contribution in [0.25, 0.3) is 0 Å². The number of hydrogen-bond acceptors (Lipinski definition) is 6. The number of carbonyl (C=O) groups excluding carboxylic acids is 1. The molecule has 1 rings (SSSR count). The van der Waals surface area contributed by atoms with Crippen LogP contribution in [-0.4, -0.2) is 53.9 Å². The van der Waals surface area contributed by atoms with Crippen molar-refractivity contribution in [1.29, 1.82) is 0 Å². The lowest BCUT2D eigenvalue weighted by molar-refractivity contribution is -0.194. The first-order valence-electron chi connectivity index (χ1n) is 5.43. The molecule has 6 heteroatoms. The highest BCUT2D eigenvalue weighted by Gasteiger charge is 2.36. The normalized spacial score (nSPS) is 34.8. The average Bonchev–Trinajstić information content (AvgIpc) is 2.21. The number of hydrogen-bond donors (Lipinski definition) is 3. The molecule has 4 atom stereocenters. The molecule has 1 saturated heterocycles. The Hall–Kier alpha value is -0.690. The van der Waals surface area contributed by atoms with Gasteiger partial charge in [-0.2, -0.15) is 0 Å². The molecule has 1 fully saturated rings. The number of esters is 1. The summed E-state index contributed by atoms with van der Waals surface area (Å²) in [6.07, 6.45) is -2.56. The molecule has 6 nitrogen and oxygen atoms in total. The Morgan fingerprint density at radius 3 is 2.81 bits per heavy atom. The van der Waals surface area contributed by atoms with Crippen molar-refractivity contribution in [2.75, 3.05) is 13.2 Å². The Balaban J connectivity index is 2.48. The standard InChI is InChI=1S/C10H19NO5/c1-3-11-9-4-7(13)10(14)8(16-9)5-15-6(2)12/h7-11,13-14H,3-5H2,1-2H3. The molecule has 0 aromatic heterocycles. The molecular weight excluding hydrogens is 214 g/mol. The van der Waals surface area contributed by atoms with Crippen LogP contribution in [-0.2, 0) is 14.3 Å². The number of rotatable bonds is 4. The zero-order chi connectivity index (χ0) is 12.1. The Kier molecular flexibility index (Phi) is 5.14. The van der Waals surface area contributed by atoms with Gasteiger partial charge in [0.2, 0.25) is 0 Å². The molecule has 4 unspecified atom stereocenters. The van der Waals surface area contributed by atoms with Gasteiger partial charge in [0.05, 0.1) is 6.10 Å². The Morgan fingerprint density at radius 1 is 1.56 bits per heavy atom. The first-order valence-corrected chi connectivity index (χ1v) is 5.43. The average molecular weight is 233 g/mol. The highest BCUT2D eigenvalue weighted by molar-refractivity contribution is 5.65. The van der Waals surface area contributed by atoms with E-state index in [1.165, 1.54) is 6.92 Å². The second-order valence-corrected chi connectivity index (χ2v) is 3.82. The fraction of sp³-hybridized carbons (Fsp3) is 0.900. The molecule has 16 heavy (non-hydrogen) atoms. The van der Waals surface area contributed by atoms with Crippen molar-refractivity contribution in [2.45, 2.75) is 44.8 Å². The molecule has 0 radical (unpaired) electrons. The number of aliphatic hydroxyl groups is 2. The molecule has 0 spiro atoms. The summed E-state index contributed by atoms with van der Waals surface area (Å²) in [6, 6.07) is 0. The molecule has 0 bridgehead atoms. The van der Waals surface area contributed by atoms with Crippen LogP contribution in [0.3, 0.4) is 0 Å². The van der Waals surface area contributed by atoms with Gasteiger partial charge in [0.15, 0.2) is 0 Å². The van der Waals surface area contributed by atoms with Gasteiger partial charge < -0.3 is 19.7 Å².